The molecule has 0 radical (unpaired) electrons. The first-order valence-corrected chi connectivity index (χ1v) is 2.96. The smallest absolute Gasteiger partial charge is 0.207 e. The van der Waals surface area contributed by atoms with Crippen LogP contribution in [-0.2, 0) is 0 Å². The zero-order valence-electron chi connectivity index (χ0n) is 5.93. The Balaban J connectivity index is 3.56. The van der Waals surface area contributed by atoms with Crippen LogP contribution in [0.3, 0.4) is 0 Å². The van der Waals surface area contributed by atoms with Gasteiger partial charge in [-0.1, -0.05) is 0 Å². The van der Waals surface area contributed by atoms with E-state index >= 15 is 0 Å². The van der Waals surface area contributed by atoms with Gasteiger partial charge in [0.1, 0.15) is 0 Å². The van der Waals surface area contributed by atoms with Gasteiger partial charge in [-0.3, -0.25) is 0 Å². The molecule has 0 aromatic rings. The van der Waals surface area contributed by atoms with E-state index in [1.165, 1.54) is 0 Å². The Bertz CT molecular complexity index is 83.3. The minimum Gasteiger partial charge on any atom is -0.207 e. The Labute approximate surface area is 57.2 Å². The van der Waals surface area contributed by atoms with Crippen LogP contribution < -0.4 is 0 Å². The topological polar surface area (TPSA) is 0 Å². The number of hydrogen-bond acceptors (Lipinski definition) is 0. The molecule has 0 aliphatic carbocycles. The molecule has 0 rings (SSSR count). The van der Waals surface area contributed by atoms with Crippen LogP contribution in [0.2, 0.25) is 0 Å². The number of halogens is 4. The van der Waals surface area contributed by atoms with E-state index in [2.05, 4.69) is 0 Å². The van der Waals surface area contributed by atoms with Gasteiger partial charge in [0.05, 0.1) is 0 Å². The molecular weight excluding hydrogens is 148 g/mol. The summed E-state index contributed by atoms with van der Waals surface area (Å²) in [4.78, 5) is 0. The summed E-state index contributed by atoms with van der Waals surface area (Å²) in [5.41, 5.74) is 0. The second-order valence-electron chi connectivity index (χ2n) is 2.64. The lowest BCUT2D eigenvalue weighted by Crippen LogP contribution is -2.17. The third-order valence-electron chi connectivity index (χ3n) is 1.00. The van der Waals surface area contributed by atoms with Gasteiger partial charge in [-0.2, -0.15) is 0 Å². The lowest BCUT2D eigenvalue weighted by molar-refractivity contribution is -0.0431. The van der Waals surface area contributed by atoms with Crippen molar-refractivity contribution in [3.63, 3.8) is 0 Å². The lowest BCUT2D eigenvalue weighted by Gasteiger charge is -2.13. The zero-order valence-corrected chi connectivity index (χ0v) is 5.93. The zero-order chi connectivity index (χ0) is 8.41. The summed E-state index contributed by atoms with van der Waals surface area (Å²) >= 11 is 0. The Morgan fingerprint density at radius 2 is 1.00 bits per heavy atom. The SMILES string of the molecule is CC(F)(F)CCC(C)(F)F. The van der Waals surface area contributed by atoms with Crippen molar-refractivity contribution < 1.29 is 17.6 Å². The largest absolute Gasteiger partial charge is 0.245 e. The van der Waals surface area contributed by atoms with Crippen LogP contribution in [0.15, 0.2) is 0 Å². The van der Waals surface area contributed by atoms with E-state index < -0.39 is 24.7 Å². The Kier molecular flexibility index (Phi) is 2.68. The summed E-state index contributed by atoms with van der Waals surface area (Å²) < 4.78 is 47.7. The predicted octanol–water partition coefficient (Wildman–Crippen LogP) is 3.08. The van der Waals surface area contributed by atoms with Crippen molar-refractivity contribution in [2.45, 2.75) is 38.5 Å². The molecule has 0 heterocycles. The van der Waals surface area contributed by atoms with E-state index in [1.807, 2.05) is 0 Å². The average Bonchev–Trinajstić information content (AvgIpc) is 1.57. The third-order valence-corrected chi connectivity index (χ3v) is 1.00. The summed E-state index contributed by atoms with van der Waals surface area (Å²) in [6.45, 7) is 1.28. The molecule has 0 spiro atoms. The van der Waals surface area contributed by atoms with E-state index in [9.17, 15) is 17.6 Å². The van der Waals surface area contributed by atoms with Crippen molar-refractivity contribution in [1.82, 2.24) is 0 Å². The van der Waals surface area contributed by atoms with Gasteiger partial charge >= 0.3 is 0 Å². The maximum absolute atomic E-state index is 11.9. The second-order valence-corrected chi connectivity index (χ2v) is 2.64. The minimum absolute atomic E-state index is 0.638. The van der Waals surface area contributed by atoms with E-state index in [-0.39, 0.29) is 0 Å². The predicted molar refractivity (Wildman–Crippen MR) is 30.5 cm³/mol. The minimum atomic E-state index is -2.97. The molecule has 0 aromatic carbocycles. The Morgan fingerprint density at radius 1 is 0.800 bits per heavy atom. The van der Waals surface area contributed by atoms with Crippen molar-refractivity contribution in [3.05, 3.63) is 0 Å². The lowest BCUT2D eigenvalue weighted by atomic mass is 10.1. The first-order valence-electron chi connectivity index (χ1n) is 2.96. The van der Waals surface area contributed by atoms with E-state index in [1.54, 1.807) is 0 Å². The first kappa shape index (κ1) is 9.72. The second kappa shape index (κ2) is 2.76. The van der Waals surface area contributed by atoms with E-state index in [0.29, 0.717) is 13.8 Å². The van der Waals surface area contributed by atoms with Crippen LogP contribution in [-0.4, -0.2) is 11.8 Å². The van der Waals surface area contributed by atoms with Crippen molar-refractivity contribution in [3.8, 4) is 0 Å². The summed E-state index contributed by atoms with van der Waals surface area (Å²) in [5.74, 6) is -5.95. The fraction of sp³-hybridized carbons (Fsp3) is 1.00. The van der Waals surface area contributed by atoms with Gasteiger partial charge < -0.3 is 0 Å². The van der Waals surface area contributed by atoms with E-state index in [4.69, 9.17) is 0 Å². The molecule has 0 bridgehead atoms. The first-order chi connectivity index (χ1) is 4.21. The molecule has 0 nitrogen and oxygen atoms in total. The molecule has 0 fully saturated rings. The fourth-order valence-electron chi connectivity index (χ4n) is 0.439. The highest BCUT2D eigenvalue weighted by Crippen LogP contribution is 2.26. The Morgan fingerprint density at radius 3 is 1.10 bits per heavy atom. The number of rotatable bonds is 3. The molecule has 0 saturated carbocycles. The molecule has 4 heteroatoms. The van der Waals surface area contributed by atoms with Crippen LogP contribution in [0.1, 0.15) is 26.7 Å². The van der Waals surface area contributed by atoms with Crippen LogP contribution in [0.5, 0.6) is 0 Å². The van der Waals surface area contributed by atoms with Crippen molar-refractivity contribution >= 4 is 0 Å². The molecule has 0 unspecified atom stereocenters. The van der Waals surface area contributed by atoms with Crippen molar-refractivity contribution in [2.24, 2.45) is 0 Å². The Hall–Kier alpha value is -0.280. The highest BCUT2D eigenvalue weighted by atomic mass is 19.3. The van der Waals surface area contributed by atoms with E-state index in [0.717, 1.165) is 0 Å². The molecule has 62 valence electrons. The molecule has 0 aromatic heterocycles. The van der Waals surface area contributed by atoms with Crippen molar-refractivity contribution in [2.75, 3.05) is 0 Å². The monoisotopic (exact) mass is 158 g/mol. The maximum Gasteiger partial charge on any atom is 0.245 e. The van der Waals surface area contributed by atoms with Gasteiger partial charge in [0, 0.05) is 12.8 Å². The molecule has 0 saturated heterocycles. The van der Waals surface area contributed by atoms with Gasteiger partial charge in [0.2, 0.25) is 11.8 Å². The normalized spacial score (nSPS) is 13.8. The average molecular weight is 158 g/mol. The van der Waals surface area contributed by atoms with Crippen LogP contribution >= 0.6 is 0 Å². The van der Waals surface area contributed by atoms with Crippen LogP contribution in [0, 0.1) is 0 Å². The molecule has 10 heavy (non-hydrogen) atoms. The van der Waals surface area contributed by atoms with Gasteiger partial charge in [-0.05, 0) is 13.8 Å². The van der Waals surface area contributed by atoms with Gasteiger partial charge in [0.15, 0.2) is 0 Å². The molecule has 0 amide bonds. The summed E-state index contributed by atoms with van der Waals surface area (Å²) in [6.07, 6.45) is -1.51. The fourth-order valence-corrected chi connectivity index (χ4v) is 0.439. The summed E-state index contributed by atoms with van der Waals surface area (Å²) in [6, 6.07) is 0. The molecule has 0 N–H and O–H groups in total. The van der Waals surface area contributed by atoms with Gasteiger partial charge in [-0.15, -0.1) is 0 Å². The third kappa shape index (κ3) is 7.72. The summed E-state index contributed by atoms with van der Waals surface area (Å²) in [5, 5.41) is 0. The van der Waals surface area contributed by atoms with Crippen LogP contribution in [0.25, 0.3) is 0 Å². The quantitative estimate of drug-likeness (QED) is 0.553. The summed E-state index contributed by atoms with van der Waals surface area (Å²) in [7, 11) is 0. The van der Waals surface area contributed by atoms with Crippen LogP contribution in [0.4, 0.5) is 17.6 Å². The molecule has 0 aliphatic rings. The highest BCUT2D eigenvalue weighted by Gasteiger charge is 2.29. The standard InChI is InChI=1S/C6H10F4/c1-5(7,8)3-4-6(2,9)10/h3-4H2,1-2H3. The van der Waals surface area contributed by atoms with Gasteiger partial charge in [-0.25, -0.2) is 17.6 Å². The highest BCUT2D eigenvalue weighted by molar-refractivity contribution is 4.65. The van der Waals surface area contributed by atoms with Crippen molar-refractivity contribution in [1.29, 1.82) is 0 Å². The molecule has 0 aliphatic heterocycles. The number of alkyl halides is 4. The molecular formula is C6H10F4. The molecule has 0 atom stereocenters. The maximum atomic E-state index is 11.9. The number of hydrogen-bond donors (Lipinski definition) is 0. The van der Waals surface area contributed by atoms with Gasteiger partial charge in [0.25, 0.3) is 0 Å².